The van der Waals surface area contributed by atoms with Gasteiger partial charge in [-0.15, -0.1) is 0 Å². The lowest BCUT2D eigenvalue weighted by Gasteiger charge is -2.51. The van der Waals surface area contributed by atoms with Crippen LogP contribution in [0.2, 0.25) is 5.02 Å². The number of hydrogen-bond donors (Lipinski definition) is 1. The molecule has 4 heteroatoms. The third-order valence-electron chi connectivity index (χ3n) is 3.97. The lowest BCUT2D eigenvalue weighted by molar-refractivity contribution is -0.0541. The van der Waals surface area contributed by atoms with E-state index in [0.29, 0.717) is 16.6 Å². The minimum atomic E-state index is 0.108. The average molecular weight is 279 g/mol. The molecule has 0 amide bonds. The van der Waals surface area contributed by atoms with Crippen LogP contribution < -0.4 is 10.1 Å². The van der Waals surface area contributed by atoms with Crippen molar-refractivity contribution in [2.24, 2.45) is 5.41 Å². The molecule has 1 saturated carbocycles. The maximum atomic E-state index is 8.84. The molecule has 0 radical (unpaired) electrons. The molecule has 1 aromatic carbocycles. The Morgan fingerprint density at radius 1 is 1.53 bits per heavy atom. The fourth-order valence-corrected chi connectivity index (χ4v) is 2.72. The van der Waals surface area contributed by atoms with E-state index in [0.717, 1.165) is 18.7 Å². The van der Waals surface area contributed by atoms with Crippen molar-refractivity contribution in [3.05, 3.63) is 28.8 Å². The van der Waals surface area contributed by atoms with Gasteiger partial charge in [-0.25, -0.2) is 0 Å². The lowest BCUT2D eigenvalue weighted by Crippen LogP contribution is -2.62. The molecular weight excluding hydrogens is 260 g/mol. The molecule has 19 heavy (non-hydrogen) atoms. The lowest BCUT2D eigenvalue weighted by atomic mass is 9.64. The monoisotopic (exact) mass is 278 g/mol. The van der Waals surface area contributed by atoms with Gasteiger partial charge in [0.25, 0.3) is 0 Å². The maximum absolute atomic E-state index is 8.84. The number of nitrogens with one attached hydrogen (secondary N) is 1. The highest BCUT2D eigenvalue weighted by Crippen LogP contribution is 2.43. The topological polar surface area (TPSA) is 45.0 Å². The molecule has 0 unspecified atom stereocenters. The van der Waals surface area contributed by atoms with E-state index < -0.39 is 0 Å². The van der Waals surface area contributed by atoms with Crippen LogP contribution in [0.3, 0.4) is 0 Å². The Bertz CT molecular complexity index is 507. The van der Waals surface area contributed by atoms with Gasteiger partial charge in [-0.3, -0.25) is 0 Å². The van der Waals surface area contributed by atoms with Crippen molar-refractivity contribution in [2.75, 3.05) is 6.54 Å². The summed E-state index contributed by atoms with van der Waals surface area (Å²) in [5, 5.41) is 12.8. The molecule has 1 aliphatic rings. The van der Waals surface area contributed by atoms with Crippen molar-refractivity contribution in [1.82, 2.24) is 5.32 Å². The summed E-state index contributed by atoms with van der Waals surface area (Å²) >= 11 is 6.01. The molecule has 0 saturated heterocycles. The van der Waals surface area contributed by atoms with Crippen LogP contribution in [0.4, 0.5) is 0 Å². The number of benzene rings is 1. The molecule has 0 heterocycles. The summed E-state index contributed by atoms with van der Waals surface area (Å²) in [5.74, 6) is 0.733. The zero-order valence-corrected chi connectivity index (χ0v) is 12.3. The van der Waals surface area contributed by atoms with Crippen LogP contribution in [0.1, 0.15) is 32.8 Å². The van der Waals surface area contributed by atoms with Gasteiger partial charge in [0.15, 0.2) is 0 Å². The molecular formula is C15H19ClN2O. The summed E-state index contributed by atoms with van der Waals surface area (Å²) in [5.41, 5.74) is 0.587. The Morgan fingerprint density at radius 2 is 2.26 bits per heavy atom. The third-order valence-corrected chi connectivity index (χ3v) is 4.28. The fraction of sp³-hybridized carbons (Fsp3) is 0.533. The first kappa shape index (κ1) is 14.2. The molecule has 1 aromatic rings. The van der Waals surface area contributed by atoms with Gasteiger partial charge >= 0.3 is 0 Å². The van der Waals surface area contributed by atoms with Gasteiger partial charge in [-0.2, -0.15) is 5.26 Å². The molecule has 0 aromatic heterocycles. The van der Waals surface area contributed by atoms with Crippen molar-refractivity contribution in [3.63, 3.8) is 0 Å². The smallest absolute Gasteiger partial charge is 0.121 e. The van der Waals surface area contributed by atoms with Crippen LogP contribution in [0.15, 0.2) is 18.2 Å². The number of rotatable bonds is 4. The predicted molar refractivity (Wildman–Crippen MR) is 76.4 cm³/mol. The normalized spacial score (nSPS) is 24.4. The Hall–Kier alpha value is -1.24. The summed E-state index contributed by atoms with van der Waals surface area (Å²) in [4.78, 5) is 0. The zero-order chi connectivity index (χ0) is 14.0. The second-order valence-electron chi connectivity index (χ2n) is 5.53. The van der Waals surface area contributed by atoms with Gasteiger partial charge in [0.1, 0.15) is 17.9 Å². The average Bonchev–Trinajstić information content (AvgIpc) is 2.38. The molecule has 1 aliphatic carbocycles. The van der Waals surface area contributed by atoms with Gasteiger partial charge in [-0.05, 0) is 18.7 Å². The second kappa shape index (κ2) is 5.40. The summed E-state index contributed by atoms with van der Waals surface area (Å²) in [6.45, 7) is 7.51. The Kier molecular flexibility index (Phi) is 4.03. The van der Waals surface area contributed by atoms with Gasteiger partial charge in [0.05, 0.1) is 10.6 Å². The first-order valence-corrected chi connectivity index (χ1v) is 6.96. The van der Waals surface area contributed by atoms with Crippen molar-refractivity contribution >= 4 is 11.6 Å². The first-order chi connectivity index (χ1) is 8.98. The zero-order valence-electron chi connectivity index (χ0n) is 11.5. The highest BCUT2D eigenvalue weighted by atomic mass is 35.5. The van der Waals surface area contributed by atoms with E-state index in [1.165, 1.54) is 0 Å². The second-order valence-corrected chi connectivity index (χ2v) is 5.93. The minimum absolute atomic E-state index is 0.108. The number of hydrogen-bond acceptors (Lipinski definition) is 3. The van der Waals surface area contributed by atoms with Gasteiger partial charge < -0.3 is 10.1 Å². The molecule has 1 N–H and O–H groups in total. The standard InChI is InChI=1S/C15H19ClN2O/c1-4-18-13-8-14(15(13,2)3)19-11-6-5-10(9-17)12(16)7-11/h5-7,13-14,18H,4,8H2,1-3H3/t13-,14-/m1/s1. The number of nitriles is 1. The summed E-state index contributed by atoms with van der Waals surface area (Å²) < 4.78 is 5.99. The van der Waals surface area contributed by atoms with Crippen molar-refractivity contribution in [2.45, 2.75) is 39.3 Å². The Morgan fingerprint density at radius 3 is 2.79 bits per heavy atom. The molecule has 1 fully saturated rings. The van der Waals surface area contributed by atoms with E-state index in [2.05, 4.69) is 26.1 Å². The van der Waals surface area contributed by atoms with E-state index in [1.807, 2.05) is 6.07 Å². The van der Waals surface area contributed by atoms with Crippen LogP contribution in [0.5, 0.6) is 5.75 Å². The van der Waals surface area contributed by atoms with Gasteiger partial charge in [0.2, 0.25) is 0 Å². The molecule has 2 atom stereocenters. The molecule has 3 nitrogen and oxygen atoms in total. The highest BCUT2D eigenvalue weighted by Gasteiger charge is 2.49. The molecule has 0 aliphatic heterocycles. The summed E-state index contributed by atoms with van der Waals surface area (Å²) in [7, 11) is 0. The number of ether oxygens (including phenoxy) is 1. The molecule has 2 rings (SSSR count). The highest BCUT2D eigenvalue weighted by molar-refractivity contribution is 6.31. The molecule has 0 spiro atoms. The van der Waals surface area contributed by atoms with E-state index in [-0.39, 0.29) is 11.5 Å². The van der Waals surface area contributed by atoms with Crippen molar-refractivity contribution < 1.29 is 4.74 Å². The largest absolute Gasteiger partial charge is 0.490 e. The first-order valence-electron chi connectivity index (χ1n) is 6.58. The van der Waals surface area contributed by atoms with Crippen molar-refractivity contribution in [3.8, 4) is 11.8 Å². The fourth-order valence-electron chi connectivity index (χ4n) is 2.50. The van der Waals surface area contributed by atoms with Crippen LogP contribution in [0, 0.1) is 16.7 Å². The van der Waals surface area contributed by atoms with E-state index in [9.17, 15) is 0 Å². The van der Waals surface area contributed by atoms with Crippen molar-refractivity contribution in [1.29, 1.82) is 5.26 Å². The molecule has 102 valence electrons. The van der Waals surface area contributed by atoms with Crippen LogP contribution in [-0.4, -0.2) is 18.7 Å². The summed E-state index contributed by atoms with van der Waals surface area (Å²) in [6, 6.07) is 7.77. The quantitative estimate of drug-likeness (QED) is 0.918. The van der Waals surface area contributed by atoms with Crippen LogP contribution in [-0.2, 0) is 0 Å². The third kappa shape index (κ3) is 2.70. The number of nitrogens with zero attached hydrogens (tertiary/aromatic N) is 1. The minimum Gasteiger partial charge on any atom is -0.490 e. The van der Waals surface area contributed by atoms with Crippen LogP contribution >= 0.6 is 11.6 Å². The van der Waals surface area contributed by atoms with E-state index in [1.54, 1.807) is 18.2 Å². The van der Waals surface area contributed by atoms with Gasteiger partial charge in [-0.1, -0.05) is 32.4 Å². The van der Waals surface area contributed by atoms with E-state index >= 15 is 0 Å². The Balaban J connectivity index is 2.04. The number of halogens is 1. The van der Waals surface area contributed by atoms with Gasteiger partial charge in [0, 0.05) is 23.9 Å². The molecule has 0 bridgehead atoms. The summed E-state index contributed by atoms with van der Waals surface area (Å²) in [6.07, 6.45) is 1.18. The SMILES string of the molecule is CCN[C@@H]1C[C@@H](Oc2ccc(C#N)c(Cl)c2)C1(C)C. The maximum Gasteiger partial charge on any atom is 0.121 e. The Labute approximate surface area is 119 Å². The van der Waals surface area contributed by atoms with Crippen LogP contribution in [0.25, 0.3) is 0 Å². The predicted octanol–water partition coefficient (Wildman–Crippen LogP) is 3.37. The van der Waals surface area contributed by atoms with E-state index in [4.69, 9.17) is 21.6 Å².